The van der Waals surface area contributed by atoms with E-state index in [9.17, 15) is 8.42 Å². The summed E-state index contributed by atoms with van der Waals surface area (Å²) in [6.07, 6.45) is 5.59. The normalized spacial score (nSPS) is 19.3. The van der Waals surface area contributed by atoms with Crippen LogP contribution in [0.2, 0.25) is 0 Å². The summed E-state index contributed by atoms with van der Waals surface area (Å²) in [4.78, 5) is 2.56. The first-order valence-corrected chi connectivity index (χ1v) is 12.9. The van der Waals surface area contributed by atoms with Crippen molar-refractivity contribution >= 4 is 9.84 Å². The summed E-state index contributed by atoms with van der Waals surface area (Å²) >= 11 is 0. The summed E-state index contributed by atoms with van der Waals surface area (Å²) in [5, 5.41) is 0. The van der Waals surface area contributed by atoms with E-state index >= 15 is 0 Å². The molecule has 4 nitrogen and oxygen atoms in total. The van der Waals surface area contributed by atoms with Crippen LogP contribution in [0.25, 0.3) is 11.1 Å². The third-order valence-corrected chi connectivity index (χ3v) is 7.44. The van der Waals surface area contributed by atoms with Gasteiger partial charge in [0.15, 0.2) is 9.84 Å². The molecule has 1 saturated heterocycles. The number of hydrogen-bond acceptors (Lipinski definition) is 4. The molecule has 0 bridgehead atoms. The molecule has 0 aromatic heterocycles. The molecule has 0 saturated carbocycles. The predicted molar refractivity (Wildman–Crippen MR) is 123 cm³/mol. The van der Waals surface area contributed by atoms with E-state index in [0.717, 1.165) is 61.2 Å². The Morgan fingerprint density at radius 1 is 0.967 bits per heavy atom. The molecule has 0 N–H and O–H groups in total. The molecule has 0 atom stereocenters. The van der Waals surface area contributed by atoms with Gasteiger partial charge in [0.2, 0.25) is 0 Å². The van der Waals surface area contributed by atoms with Crippen LogP contribution in [0.1, 0.15) is 51.2 Å². The van der Waals surface area contributed by atoms with Crippen LogP contribution in [0, 0.1) is 0 Å². The average Bonchev–Trinajstić information content (AvgIpc) is 2.66. The Morgan fingerprint density at radius 3 is 2.20 bits per heavy atom. The van der Waals surface area contributed by atoms with E-state index in [1.807, 2.05) is 24.3 Å². The van der Waals surface area contributed by atoms with Gasteiger partial charge < -0.3 is 4.74 Å². The van der Waals surface area contributed by atoms with Gasteiger partial charge in [0.25, 0.3) is 0 Å². The van der Waals surface area contributed by atoms with Gasteiger partial charge in [0, 0.05) is 24.9 Å². The lowest BCUT2D eigenvalue weighted by Crippen LogP contribution is -2.54. The highest BCUT2D eigenvalue weighted by atomic mass is 32.2. The van der Waals surface area contributed by atoms with Crippen molar-refractivity contribution in [2.75, 3.05) is 19.3 Å². The summed E-state index contributed by atoms with van der Waals surface area (Å²) in [6, 6.07) is 14.3. The number of nitrogens with zero attached hydrogens (tertiary/aromatic N) is 1. The maximum atomic E-state index is 11.5. The molecule has 1 spiro atoms. The van der Waals surface area contributed by atoms with Crippen molar-refractivity contribution in [1.82, 2.24) is 4.90 Å². The molecule has 2 aromatic rings. The van der Waals surface area contributed by atoms with Crippen LogP contribution in [0.5, 0.6) is 5.75 Å². The van der Waals surface area contributed by atoms with E-state index in [0.29, 0.717) is 0 Å². The molecule has 5 heteroatoms. The minimum absolute atomic E-state index is 0.0350. The smallest absolute Gasteiger partial charge is 0.151 e. The highest BCUT2D eigenvalue weighted by molar-refractivity contribution is 7.89. The minimum Gasteiger partial charge on any atom is -0.487 e. The number of sulfone groups is 1. The second-order valence-electron chi connectivity index (χ2n) is 10.0. The largest absolute Gasteiger partial charge is 0.487 e. The van der Waals surface area contributed by atoms with E-state index in [1.54, 1.807) is 0 Å². The Labute approximate surface area is 181 Å². The molecule has 2 aliphatic heterocycles. The molecular formula is C25H33NO3S. The molecule has 2 aliphatic rings. The Bertz CT molecular complexity index is 1010. The van der Waals surface area contributed by atoms with E-state index in [1.165, 1.54) is 11.8 Å². The quantitative estimate of drug-likeness (QED) is 0.702. The number of rotatable bonds is 3. The predicted octanol–water partition coefficient (Wildman–Crippen LogP) is 4.86. The lowest BCUT2D eigenvalue weighted by molar-refractivity contribution is -0.0355. The maximum absolute atomic E-state index is 11.5. The monoisotopic (exact) mass is 427 g/mol. The van der Waals surface area contributed by atoms with Gasteiger partial charge in [-0.3, -0.25) is 4.90 Å². The maximum Gasteiger partial charge on any atom is 0.151 e. The van der Waals surface area contributed by atoms with Crippen LogP contribution in [0.4, 0.5) is 0 Å². The number of ether oxygens (including phenoxy) is 1. The highest BCUT2D eigenvalue weighted by Crippen LogP contribution is 2.41. The number of aryl methyl sites for hydroxylation is 1. The SMILES string of the molecule is CC(C)(C)N1CCC2(CCc3ccc(-c4ccc(CS(C)(=O)=O)cc4)cc3O2)CC1. The fourth-order valence-corrected chi connectivity index (χ4v) is 5.51. The van der Waals surface area contributed by atoms with E-state index in [2.05, 4.69) is 43.9 Å². The van der Waals surface area contributed by atoms with Crippen LogP contribution in [-0.4, -0.2) is 43.8 Å². The second-order valence-corrected chi connectivity index (χ2v) is 12.2. The summed E-state index contributed by atoms with van der Waals surface area (Å²) in [7, 11) is -3.02. The van der Waals surface area contributed by atoms with Crippen molar-refractivity contribution in [3.8, 4) is 16.9 Å². The average molecular weight is 428 g/mol. The van der Waals surface area contributed by atoms with Gasteiger partial charge in [-0.1, -0.05) is 36.4 Å². The third-order valence-electron chi connectivity index (χ3n) is 6.58. The first-order valence-electron chi connectivity index (χ1n) is 10.9. The van der Waals surface area contributed by atoms with E-state index in [-0.39, 0.29) is 16.9 Å². The van der Waals surface area contributed by atoms with Crippen LogP contribution >= 0.6 is 0 Å². The Hall–Kier alpha value is -1.85. The Balaban J connectivity index is 1.51. The number of hydrogen-bond donors (Lipinski definition) is 0. The molecule has 2 aromatic carbocycles. The van der Waals surface area contributed by atoms with Crippen LogP contribution < -0.4 is 4.74 Å². The zero-order valence-corrected chi connectivity index (χ0v) is 19.4. The molecule has 0 aliphatic carbocycles. The second kappa shape index (κ2) is 7.69. The molecule has 30 heavy (non-hydrogen) atoms. The van der Waals surface area contributed by atoms with Crippen molar-refractivity contribution < 1.29 is 13.2 Å². The number of likely N-dealkylation sites (tertiary alicyclic amines) is 1. The summed E-state index contributed by atoms with van der Waals surface area (Å²) in [6.45, 7) is 9.03. The molecule has 0 unspecified atom stereocenters. The summed E-state index contributed by atoms with van der Waals surface area (Å²) < 4.78 is 29.7. The lowest BCUT2D eigenvalue weighted by Gasteiger charge is -2.48. The molecule has 2 heterocycles. The zero-order chi connectivity index (χ0) is 21.6. The molecule has 0 amide bonds. The van der Waals surface area contributed by atoms with Gasteiger partial charge in [-0.05, 0) is 74.8 Å². The number of fused-ring (bicyclic) bond motifs is 1. The van der Waals surface area contributed by atoms with Gasteiger partial charge in [0.05, 0.1) is 5.75 Å². The van der Waals surface area contributed by atoms with Crippen molar-refractivity contribution in [3.63, 3.8) is 0 Å². The molecule has 4 rings (SSSR count). The van der Waals surface area contributed by atoms with E-state index in [4.69, 9.17) is 4.74 Å². The Morgan fingerprint density at radius 2 is 1.60 bits per heavy atom. The van der Waals surface area contributed by atoms with Crippen LogP contribution in [-0.2, 0) is 22.0 Å². The lowest BCUT2D eigenvalue weighted by atomic mass is 9.81. The van der Waals surface area contributed by atoms with Crippen LogP contribution in [0.15, 0.2) is 42.5 Å². The highest BCUT2D eigenvalue weighted by Gasteiger charge is 2.41. The van der Waals surface area contributed by atoms with Gasteiger partial charge in [-0.15, -0.1) is 0 Å². The van der Waals surface area contributed by atoms with Gasteiger partial charge in [-0.25, -0.2) is 8.42 Å². The molecule has 0 radical (unpaired) electrons. The summed E-state index contributed by atoms with van der Waals surface area (Å²) in [5.41, 5.74) is 4.48. The molecular weight excluding hydrogens is 394 g/mol. The number of benzene rings is 2. The first-order chi connectivity index (χ1) is 14.0. The van der Waals surface area contributed by atoms with Crippen molar-refractivity contribution in [2.24, 2.45) is 0 Å². The Kier molecular flexibility index (Phi) is 5.48. The van der Waals surface area contributed by atoms with Crippen LogP contribution in [0.3, 0.4) is 0 Å². The van der Waals surface area contributed by atoms with Gasteiger partial charge in [-0.2, -0.15) is 0 Å². The van der Waals surface area contributed by atoms with E-state index < -0.39 is 9.84 Å². The van der Waals surface area contributed by atoms with Gasteiger partial charge in [0.1, 0.15) is 11.4 Å². The topological polar surface area (TPSA) is 46.6 Å². The third kappa shape index (κ3) is 4.73. The van der Waals surface area contributed by atoms with Gasteiger partial charge >= 0.3 is 0 Å². The van der Waals surface area contributed by atoms with Crippen molar-refractivity contribution in [1.29, 1.82) is 0 Å². The first kappa shape index (κ1) is 21.4. The zero-order valence-electron chi connectivity index (χ0n) is 18.6. The molecule has 1 fully saturated rings. The standard InChI is InChI=1S/C25H33NO3S/c1-24(2,3)26-15-13-25(14-16-26)12-11-21-9-10-22(17-23(21)29-25)20-7-5-19(6-8-20)18-30(4,27)28/h5-10,17H,11-16,18H2,1-4H3. The van der Waals surface area contributed by atoms with Crippen molar-refractivity contribution in [2.45, 2.75) is 63.3 Å². The fourth-order valence-electron chi connectivity index (χ4n) is 4.72. The van der Waals surface area contributed by atoms with Crippen molar-refractivity contribution in [3.05, 3.63) is 53.6 Å². The molecule has 162 valence electrons. The summed E-state index contributed by atoms with van der Waals surface area (Å²) in [5.74, 6) is 1.09. The minimum atomic E-state index is -3.02. The number of piperidine rings is 1. The fraction of sp³-hybridized carbons (Fsp3) is 0.520.